The molecule has 1 heterocycles. The van der Waals surface area contributed by atoms with Gasteiger partial charge in [0.15, 0.2) is 5.78 Å². The SMILES string of the molecule is Cn1ccc(C(=O)COC2CC3CCC2(C)C3(C)C)c1. The molecule has 0 radical (unpaired) electrons. The minimum atomic E-state index is 0.0924. The van der Waals surface area contributed by atoms with E-state index in [-0.39, 0.29) is 23.9 Å². The van der Waals surface area contributed by atoms with E-state index < -0.39 is 0 Å². The Morgan fingerprint density at radius 2 is 2.20 bits per heavy atom. The summed E-state index contributed by atoms with van der Waals surface area (Å²) in [5.74, 6) is 0.846. The van der Waals surface area contributed by atoms with Crippen molar-refractivity contribution in [1.29, 1.82) is 0 Å². The van der Waals surface area contributed by atoms with E-state index in [9.17, 15) is 4.79 Å². The molecule has 0 spiro atoms. The molecule has 0 aromatic carbocycles. The summed E-state index contributed by atoms with van der Waals surface area (Å²) in [6.07, 6.45) is 7.66. The molecule has 0 saturated heterocycles. The van der Waals surface area contributed by atoms with Gasteiger partial charge in [-0.05, 0) is 42.1 Å². The average molecular weight is 275 g/mol. The molecule has 2 aliphatic rings. The van der Waals surface area contributed by atoms with Crippen LogP contribution in [0.4, 0.5) is 0 Å². The van der Waals surface area contributed by atoms with Gasteiger partial charge in [-0.25, -0.2) is 0 Å². The van der Waals surface area contributed by atoms with Crippen LogP contribution in [0.3, 0.4) is 0 Å². The number of ether oxygens (including phenoxy) is 1. The Kier molecular flexibility index (Phi) is 3.09. The van der Waals surface area contributed by atoms with Crippen molar-refractivity contribution in [3.05, 3.63) is 24.0 Å². The maximum absolute atomic E-state index is 12.1. The number of nitrogens with zero attached hydrogens (tertiary/aromatic N) is 1. The molecule has 0 amide bonds. The second kappa shape index (κ2) is 4.45. The summed E-state index contributed by atoms with van der Waals surface area (Å²) in [5, 5.41) is 0. The smallest absolute Gasteiger partial charge is 0.189 e. The molecule has 3 unspecified atom stereocenters. The van der Waals surface area contributed by atoms with Gasteiger partial charge in [0.2, 0.25) is 0 Å². The summed E-state index contributed by atoms with van der Waals surface area (Å²) >= 11 is 0. The van der Waals surface area contributed by atoms with Crippen LogP contribution in [0.2, 0.25) is 0 Å². The minimum absolute atomic E-state index is 0.0924. The van der Waals surface area contributed by atoms with Crippen molar-refractivity contribution in [1.82, 2.24) is 4.57 Å². The molecule has 3 rings (SSSR count). The van der Waals surface area contributed by atoms with Crippen LogP contribution in [-0.2, 0) is 11.8 Å². The third-order valence-electron chi connectivity index (χ3n) is 6.28. The first-order valence-electron chi connectivity index (χ1n) is 7.61. The molecular weight excluding hydrogens is 250 g/mol. The van der Waals surface area contributed by atoms with Crippen LogP contribution in [0.25, 0.3) is 0 Å². The molecule has 0 N–H and O–H groups in total. The van der Waals surface area contributed by atoms with Crippen LogP contribution < -0.4 is 0 Å². The van der Waals surface area contributed by atoms with Gasteiger partial charge >= 0.3 is 0 Å². The summed E-state index contributed by atoms with van der Waals surface area (Å²) in [4.78, 5) is 12.1. The van der Waals surface area contributed by atoms with Crippen LogP contribution in [0.15, 0.2) is 18.5 Å². The van der Waals surface area contributed by atoms with Crippen molar-refractivity contribution in [3.8, 4) is 0 Å². The van der Waals surface area contributed by atoms with E-state index in [0.717, 1.165) is 17.9 Å². The summed E-state index contributed by atoms with van der Waals surface area (Å²) in [6.45, 7) is 7.30. The van der Waals surface area contributed by atoms with E-state index in [1.165, 1.54) is 12.8 Å². The normalized spacial score (nSPS) is 34.6. The highest BCUT2D eigenvalue weighted by molar-refractivity contribution is 5.96. The largest absolute Gasteiger partial charge is 0.369 e. The van der Waals surface area contributed by atoms with Gasteiger partial charge in [0.25, 0.3) is 0 Å². The van der Waals surface area contributed by atoms with Crippen LogP contribution >= 0.6 is 0 Å². The standard InChI is InChI=1S/C17H25NO2/c1-16(2)13-5-7-17(16,3)15(9-13)20-11-14(19)12-6-8-18(4)10-12/h6,8,10,13,15H,5,7,9,11H2,1-4H3. The summed E-state index contributed by atoms with van der Waals surface area (Å²) in [6, 6.07) is 1.86. The van der Waals surface area contributed by atoms with E-state index in [1.807, 2.05) is 30.1 Å². The van der Waals surface area contributed by atoms with Gasteiger partial charge in [0.1, 0.15) is 6.61 Å². The second-order valence-electron chi connectivity index (χ2n) is 7.40. The van der Waals surface area contributed by atoms with Gasteiger partial charge in [-0.1, -0.05) is 20.8 Å². The molecule has 3 heteroatoms. The third-order valence-corrected chi connectivity index (χ3v) is 6.28. The van der Waals surface area contributed by atoms with Gasteiger partial charge in [0.05, 0.1) is 6.10 Å². The topological polar surface area (TPSA) is 31.2 Å². The molecule has 2 aliphatic carbocycles. The zero-order valence-electron chi connectivity index (χ0n) is 13.0. The van der Waals surface area contributed by atoms with Gasteiger partial charge in [-0.15, -0.1) is 0 Å². The number of carbonyl (C=O) groups excluding carboxylic acids is 1. The van der Waals surface area contributed by atoms with Crippen LogP contribution in [0.1, 0.15) is 50.4 Å². The zero-order valence-corrected chi connectivity index (χ0v) is 13.0. The molecule has 2 saturated carbocycles. The second-order valence-corrected chi connectivity index (χ2v) is 7.40. The number of ketones is 1. The van der Waals surface area contributed by atoms with E-state index in [0.29, 0.717) is 5.41 Å². The van der Waals surface area contributed by atoms with E-state index in [4.69, 9.17) is 4.74 Å². The Hall–Kier alpha value is -1.09. The molecule has 20 heavy (non-hydrogen) atoms. The predicted octanol–water partition coefficient (Wildman–Crippen LogP) is 3.44. The molecule has 2 fully saturated rings. The highest BCUT2D eigenvalue weighted by Gasteiger charge is 2.61. The molecule has 1 aromatic rings. The Morgan fingerprint density at radius 1 is 1.45 bits per heavy atom. The van der Waals surface area contributed by atoms with Crippen molar-refractivity contribution >= 4 is 5.78 Å². The van der Waals surface area contributed by atoms with Crippen LogP contribution in [0, 0.1) is 16.7 Å². The Balaban J connectivity index is 1.64. The molecule has 3 atom stereocenters. The molecule has 110 valence electrons. The van der Waals surface area contributed by atoms with Crippen molar-refractivity contribution in [2.24, 2.45) is 23.8 Å². The lowest BCUT2D eigenvalue weighted by molar-refractivity contribution is -0.0390. The molecular formula is C17H25NO2. The number of aromatic nitrogens is 1. The van der Waals surface area contributed by atoms with Crippen molar-refractivity contribution in [3.63, 3.8) is 0 Å². The van der Waals surface area contributed by atoms with Gasteiger partial charge in [-0.3, -0.25) is 4.79 Å². The van der Waals surface area contributed by atoms with Crippen LogP contribution in [-0.4, -0.2) is 23.1 Å². The molecule has 2 bridgehead atoms. The maximum atomic E-state index is 12.1. The van der Waals surface area contributed by atoms with Crippen molar-refractivity contribution < 1.29 is 9.53 Å². The third kappa shape index (κ3) is 1.86. The molecule has 1 aromatic heterocycles. The average Bonchev–Trinajstić information content (AvgIpc) is 2.97. The fourth-order valence-electron chi connectivity index (χ4n) is 4.31. The fraction of sp³-hybridized carbons (Fsp3) is 0.706. The summed E-state index contributed by atoms with van der Waals surface area (Å²) < 4.78 is 7.94. The lowest BCUT2D eigenvalue weighted by Gasteiger charge is -2.38. The van der Waals surface area contributed by atoms with E-state index in [2.05, 4.69) is 20.8 Å². The Morgan fingerprint density at radius 3 is 2.70 bits per heavy atom. The monoisotopic (exact) mass is 275 g/mol. The number of hydrogen-bond acceptors (Lipinski definition) is 2. The first-order valence-corrected chi connectivity index (χ1v) is 7.61. The first-order chi connectivity index (χ1) is 9.34. The maximum Gasteiger partial charge on any atom is 0.189 e. The number of rotatable bonds is 4. The highest BCUT2D eigenvalue weighted by atomic mass is 16.5. The Labute approximate surface area is 121 Å². The van der Waals surface area contributed by atoms with E-state index in [1.54, 1.807) is 0 Å². The number of fused-ring (bicyclic) bond motifs is 2. The first kappa shape index (κ1) is 13.9. The number of carbonyl (C=O) groups is 1. The van der Waals surface area contributed by atoms with E-state index >= 15 is 0 Å². The van der Waals surface area contributed by atoms with Gasteiger partial charge in [0, 0.05) is 25.0 Å². The molecule has 3 nitrogen and oxygen atoms in total. The lowest BCUT2D eigenvalue weighted by atomic mass is 9.70. The minimum Gasteiger partial charge on any atom is -0.369 e. The molecule has 0 aliphatic heterocycles. The highest BCUT2D eigenvalue weighted by Crippen LogP contribution is 2.66. The van der Waals surface area contributed by atoms with Gasteiger partial charge < -0.3 is 9.30 Å². The summed E-state index contributed by atoms with van der Waals surface area (Å²) in [7, 11) is 1.93. The van der Waals surface area contributed by atoms with Crippen molar-refractivity contribution in [2.75, 3.05) is 6.61 Å². The Bertz CT molecular complexity index is 531. The quantitative estimate of drug-likeness (QED) is 0.788. The van der Waals surface area contributed by atoms with Crippen molar-refractivity contribution in [2.45, 2.75) is 46.1 Å². The van der Waals surface area contributed by atoms with Crippen LogP contribution in [0.5, 0.6) is 0 Å². The number of aryl methyl sites for hydroxylation is 1. The predicted molar refractivity (Wildman–Crippen MR) is 78.7 cm³/mol. The number of hydrogen-bond donors (Lipinski definition) is 0. The summed E-state index contributed by atoms with van der Waals surface area (Å²) in [5.41, 5.74) is 1.32. The van der Waals surface area contributed by atoms with Gasteiger partial charge in [-0.2, -0.15) is 0 Å². The zero-order chi connectivity index (χ0) is 14.5. The number of Topliss-reactive ketones (excluding diaryl/α,β-unsaturated/α-hetero) is 1. The fourth-order valence-corrected chi connectivity index (χ4v) is 4.31. The lowest BCUT2D eigenvalue weighted by Crippen LogP contribution is -2.38.